The number of nitrogens with one attached hydrogen (secondary N) is 8. The van der Waals surface area contributed by atoms with E-state index in [4.69, 9.17) is 0 Å². The summed E-state index contributed by atoms with van der Waals surface area (Å²) in [6, 6.07) is 0. The third kappa shape index (κ3) is 8.53. The SMILES string of the molecule is Cc1c[nH]c(=O)[nH]c1=O.Cn1c(=O)c2[nH]cnc2n(C)c1=O.Cn1c(=O)c2c(ncn2C)n(C)c1=O.Cn1cnc2c1c(=O)[nH]c(=O)n2C.O=c1[nH]c(=O)c2[nH]c(=O)[nH]c2[nH]1. The van der Waals surface area contributed by atoms with E-state index in [-0.39, 0.29) is 39.2 Å². The Kier molecular flexibility index (Phi) is 12.0. The van der Waals surface area contributed by atoms with Crippen molar-refractivity contribution in [1.29, 1.82) is 0 Å². The number of aryl methyl sites for hydroxylation is 6. The first kappa shape index (κ1) is 43.2. The van der Waals surface area contributed by atoms with Crippen LogP contribution in [0.2, 0.25) is 0 Å². The van der Waals surface area contributed by atoms with Gasteiger partial charge in [0.15, 0.2) is 28.0 Å². The zero-order chi connectivity index (χ0) is 45.2. The number of imidazole rings is 4. The van der Waals surface area contributed by atoms with E-state index < -0.39 is 33.9 Å². The Hall–Kier alpha value is -8.92. The van der Waals surface area contributed by atoms with Gasteiger partial charge in [0.2, 0.25) is 0 Å². The summed E-state index contributed by atoms with van der Waals surface area (Å²) in [5, 5.41) is 0. The van der Waals surface area contributed by atoms with Crippen LogP contribution in [-0.4, -0.2) is 86.8 Å². The number of H-pyrrole nitrogens is 8. The molecule has 29 nitrogen and oxygen atoms in total. The second kappa shape index (κ2) is 16.9. The topological polar surface area (TPSA) is 387 Å². The summed E-state index contributed by atoms with van der Waals surface area (Å²) in [6.45, 7) is 1.62. The molecule has 0 radical (unpaired) electrons. The lowest BCUT2D eigenvalue weighted by atomic mass is 10.4. The number of rotatable bonds is 0. The third-order valence-corrected chi connectivity index (χ3v) is 8.75. The van der Waals surface area contributed by atoms with Crippen molar-refractivity contribution in [2.75, 3.05) is 0 Å². The number of hydrogen-bond donors (Lipinski definition) is 8. The van der Waals surface area contributed by atoms with Gasteiger partial charge < -0.3 is 19.1 Å². The smallest absolute Gasteiger partial charge is 0.332 e. The van der Waals surface area contributed by atoms with Crippen LogP contribution >= 0.6 is 0 Å². The Labute approximate surface area is 332 Å². The average Bonchev–Trinajstić information content (AvgIpc) is 4.03. The molecule has 0 fully saturated rings. The summed E-state index contributed by atoms with van der Waals surface area (Å²) in [5.74, 6) is 0. The van der Waals surface area contributed by atoms with Gasteiger partial charge in [-0.25, -0.2) is 43.7 Å². The van der Waals surface area contributed by atoms with Crippen LogP contribution in [0.3, 0.4) is 0 Å². The molecule has 0 aliphatic rings. The van der Waals surface area contributed by atoms with Crippen molar-refractivity contribution in [3.05, 3.63) is 145 Å². The van der Waals surface area contributed by atoms with Crippen molar-refractivity contribution in [3.8, 4) is 0 Å². The van der Waals surface area contributed by atoms with Gasteiger partial charge in [-0.05, 0) is 6.92 Å². The summed E-state index contributed by atoms with van der Waals surface area (Å²) in [7, 11) is 11.0. The number of aromatic amines is 8. The van der Waals surface area contributed by atoms with Crippen molar-refractivity contribution in [3.63, 3.8) is 0 Å². The van der Waals surface area contributed by atoms with Crippen LogP contribution in [0.5, 0.6) is 0 Å². The van der Waals surface area contributed by atoms with E-state index in [1.165, 1.54) is 53.0 Å². The van der Waals surface area contributed by atoms with Gasteiger partial charge in [-0.15, -0.1) is 0 Å². The van der Waals surface area contributed by atoms with Gasteiger partial charge in [0, 0.05) is 61.1 Å². The Morgan fingerprint density at radius 1 is 0.459 bits per heavy atom. The Bertz CT molecular complexity index is 3800. The highest BCUT2D eigenvalue weighted by molar-refractivity contribution is 5.71. The fraction of sp³-hybridized carbons (Fsp3) is 0.250. The molecule has 0 aromatic carbocycles. The van der Waals surface area contributed by atoms with E-state index in [0.717, 1.165) is 9.13 Å². The zero-order valence-corrected chi connectivity index (χ0v) is 33.3. The largest absolute Gasteiger partial charge is 0.339 e. The molecule has 0 unspecified atom stereocenters. The highest BCUT2D eigenvalue weighted by atomic mass is 16.2. The maximum atomic E-state index is 11.7. The molecule has 9 rings (SSSR count). The Morgan fingerprint density at radius 2 is 0.984 bits per heavy atom. The summed E-state index contributed by atoms with van der Waals surface area (Å²) >= 11 is 0. The minimum Gasteiger partial charge on any atom is -0.339 e. The lowest BCUT2D eigenvalue weighted by molar-refractivity contribution is 0.705. The van der Waals surface area contributed by atoms with E-state index in [1.807, 2.05) is 4.98 Å². The number of hydrogen-bond acceptors (Lipinski definition) is 14. The Morgan fingerprint density at radius 3 is 1.57 bits per heavy atom. The Balaban J connectivity index is 0.000000145. The molecular formula is C32H36N18O11. The van der Waals surface area contributed by atoms with E-state index in [9.17, 15) is 52.7 Å². The van der Waals surface area contributed by atoms with Gasteiger partial charge in [0.05, 0.1) is 19.0 Å². The minimum absolute atomic E-state index is 0.0413. The molecule has 0 saturated heterocycles. The lowest BCUT2D eigenvalue weighted by Gasteiger charge is -2.02. The molecule has 0 bridgehead atoms. The summed E-state index contributed by atoms with van der Waals surface area (Å²) in [4.78, 5) is 151. The van der Waals surface area contributed by atoms with Crippen molar-refractivity contribution in [1.82, 2.24) is 86.8 Å². The van der Waals surface area contributed by atoms with E-state index in [1.54, 1.807) is 51.3 Å². The monoisotopic (exact) mass is 848 g/mol. The first-order valence-corrected chi connectivity index (χ1v) is 17.1. The van der Waals surface area contributed by atoms with Crippen LogP contribution in [-0.2, 0) is 49.3 Å². The van der Waals surface area contributed by atoms with Crippen molar-refractivity contribution >= 4 is 44.7 Å². The molecule has 29 heteroatoms. The van der Waals surface area contributed by atoms with E-state index in [0.29, 0.717) is 39.1 Å². The van der Waals surface area contributed by atoms with Crippen LogP contribution < -0.4 is 61.9 Å². The molecule has 9 aromatic heterocycles. The standard InChI is InChI=1S/C8H10N4O2.2C7H8N4O2.C5H4N4O3.C5H6N2O2/c1-10-4-9-6-5(10)7(13)12(3)8(14)11(6)2;1-10-3-8-5-4(10)6(12)9-7(13)11(5)2;1-10-5-4(8-3-9-5)6(12)11(2)7(10)13;10-3-1-2(7-4(11)6-1)8-5(12)9-3;1-3-2-6-5(9)7-4(3)8/h4H,1-3H3;3H,1-2H3,(H,9,12,13);3H,1-2H3,(H,8,9);(H4,6,7,8,9,10,11,12);2H,1H3,(H2,6,7,8,9). The zero-order valence-electron chi connectivity index (χ0n) is 33.3. The van der Waals surface area contributed by atoms with E-state index in [2.05, 4.69) is 49.8 Å². The average molecular weight is 849 g/mol. The van der Waals surface area contributed by atoms with Crippen LogP contribution in [0.15, 0.2) is 77.9 Å². The molecule has 0 aliphatic carbocycles. The van der Waals surface area contributed by atoms with Crippen molar-refractivity contribution in [2.45, 2.75) is 6.92 Å². The third-order valence-electron chi connectivity index (χ3n) is 8.75. The van der Waals surface area contributed by atoms with Crippen LogP contribution in [0, 0.1) is 6.92 Å². The van der Waals surface area contributed by atoms with Crippen LogP contribution in [0.1, 0.15) is 5.56 Å². The molecule has 0 spiro atoms. The van der Waals surface area contributed by atoms with Gasteiger partial charge in [-0.2, -0.15) is 0 Å². The lowest BCUT2D eigenvalue weighted by Crippen LogP contribution is -2.37. The number of fused-ring (bicyclic) bond motifs is 4. The second-order valence-electron chi connectivity index (χ2n) is 12.9. The first-order valence-electron chi connectivity index (χ1n) is 17.1. The molecule has 0 aliphatic heterocycles. The summed E-state index contributed by atoms with van der Waals surface area (Å²) < 4.78 is 9.29. The molecular weight excluding hydrogens is 812 g/mol. The minimum atomic E-state index is -0.650. The van der Waals surface area contributed by atoms with Crippen LogP contribution in [0.25, 0.3) is 44.7 Å². The highest BCUT2D eigenvalue weighted by Crippen LogP contribution is 2.02. The maximum absolute atomic E-state index is 11.7. The summed E-state index contributed by atoms with van der Waals surface area (Å²) in [5.41, 5.74) is -1.80. The van der Waals surface area contributed by atoms with Crippen molar-refractivity contribution < 1.29 is 0 Å². The van der Waals surface area contributed by atoms with Gasteiger partial charge >= 0.3 is 34.1 Å². The van der Waals surface area contributed by atoms with Crippen molar-refractivity contribution in [2.24, 2.45) is 49.3 Å². The molecule has 320 valence electrons. The first-order chi connectivity index (χ1) is 28.6. The summed E-state index contributed by atoms with van der Waals surface area (Å²) in [6.07, 6.45) is 5.79. The van der Waals surface area contributed by atoms with Gasteiger partial charge in [-0.3, -0.25) is 76.7 Å². The fourth-order valence-corrected chi connectivity index (χ4v) is 5.44. The van der Waals surface area contributed by atoms with Gasteiger partial charge in [0.1, 0.15) is 16.7 Å². The maximum Gasteiger partial charge on any atom is 0.332 e. The highest BCUT2D eigenvalue weighted by Gasteiger charge is 2.12. The molecule has 0 amide bonds. The predicted molar refractivity (Wildman–Crippen MR) is 217 cm³/mol. The predicted octanol–water partition coefficient (Wildman–Crippen LogP) is -5.50. The quantitative estimate of drug-likeness (QED) is 0.0706. The number of aromatic nitrogens is 18. The molecule has 9 aromatic rings. The fourth-order valence-electron chi connectivity index (χ4n) is 5.44. The molecule has 0 saturated carbocycles. The van der Waals surface area contributed by atoms with Gasteiger partial charge in [-0.1, -0.05) is 0 Å². The van der Waals surface area contributed by atoms with Gasteiger partial charge in [0.25, 0.3) is 27.8 Å². The van der Waals surface area contributed by atoms with Crippen LogP contribution in [0.4, 0.5) is 0 Å². The van der Waals surface area contributed by atoms with E-state index >= 15 is 0 Å². The molecule has 9 heterocycles. The second-order valence-corrected chi connectivity index (χ2v) is 12.9. The molecule has 61 heavy (non-hydrogen) atoms. The normalized spacial score (nSPS) is 10.7. The molecule has 8 N–H and O–H groups in total. The molecule has 0 atom stereocenters. The number of nitrogens with zero attached hydrogens (tertiary/aromatic N) is 10.